The van der Waals surface area contributed by atoms with Gasteiger partial charge in [-0.2, -0.15) is 0 Å². The van der Waals surface area contributed by atoms with Crippen LogP contribution in [0.3, 0.4) is 0 Å². The van der Waals surface area contributed by atoms with Crippen molar-refractivity contribution in [2.45, 2.75) is 51.4 Å². The van der Waals surface area contributed by atoms with Crippen LogP contribution in [0.15, 0.2) is 18.2 Å². The van der Waals surface area contributed by atoms with Crippen LogP contribution in [0.25, 0.3) is 0 Å². The van der Waals surface area contributed by atoms with Crippen molar-refractivity contribution in [3.8, 4) is 0 Å². The minimum Gasteiger partial charge on any atom is -0.318 e. The van der Waals surface area contributed by atoms with Gasteiger partial charge in [-0.1, -0.05) is 20.3 Å². The summed E-state index contributed by atoms with van der Waals surface area (Å²) >= 11 is 0. The number of carbonyl (C=O) groups is 1. The molecule has 0 radical (unpaired) electrons. The molecule has 1 amide bonds. The Kier molecular flexibility index (Phi) is 3.69. The highest BCUT2D eigenvalue weighted by molar-refractivity contribution is 5.85. The topological polar surface area (TPSA) is 32.3 Å². The van der Waals surface area contributed by atoms with E-state index >= 15 is 0 Å². The van der Waals surface area contributed by atoms with Gasteiger partial charge in [0.2, 0.25) is 5.91 Å². The number of benzene rings is 1. The predicted octanol–water partition coefficient (Wildman–Crippen LogP) is 2.97. The van der Waals surface area contributed by atoms with Gasteiger partial charge in [0, 0.05) is 17.7 Å². The molecule has 5 heteroatoms. The molecule has 0 aromatic heterocycles. The van der Waals surface area contributed by atoms with Crippen molar-refractivity contribution in [2.24, 2.45) is 5.92 Å². The van der Waals surface area contributed by atoms with Crippen molar-refractivity contribution in [2.75, 3.05) is 0 Å². The van der Waals surface area contributed by atoms with Crippen LogP contribution in [0.4, 0.5) is 8.78 Å². The average molecular weight is 294 g/mol. The van der Waals surface area contributed by atoms with E-state index < -0.39 is 17.8 Å². The number of hydrogen-bond donors (Lipinski definition) is 1. The Morgan fingerprint density at radius 2 is 2.10 bits per heavy atom. The summed E-state index contributed by atoms with van der Waals surface area (Å²) in [6, 6.07) is 3.46. The van der Waals surface area contributed by atoms with Crippen molar-refractivity contribution in [1.29, 1.82) is 0 Å². The summed E-state index contributed by atoms with van der Waals surface area (Å²) in [6.45, 7) is 4.11. The molecule has 1 saturated heterocycles. The molecule has 3 nitrogen and oxygen atoms in total. The van der Waals surface area contributed by atoms with E-state index in [4.69, 9.17) is 0 Å². The van der Waals surface area contributed by atoms with Crippen molar-refractivity contribution in [3.05, 3.63) is 35.4 Å². The third kappa shape index (κ3) is 2.55. The van der Waals surface area contributed by atoms with Gasteiger partial charge in [-0.05, 0) is 30.9 Å². The van der Waals surface area contributed by atoms with Crippen molar-refractivity contribution in [3.63, 3.8) is 0 Å². The standard InChI is InChI=1S/C16H20F2N2O/c1-3-4-13-16(21)20(14-7-9(14)2)15(19-13)11-6-5-10(17)8-12(11)18/h5-6,8-9,13-15,19H,3-4,7H2,1-2H3. The molecule has 1 saturated carbocycles. The van der Waals surface area contributed by atoms with Gasteiger partial charge in [0.1, 0.15) is 17.8 Å². The fourth-order valence-electron chi connectivity index (χ4n) is 3.15. The molecule has 1 heterocycles. The van der Waals surface area contributed by atoms with E-state index in [0.717, 1.165) is 25.3 Å². The molecule has 3 rings (SSSR count). The lowest BCUT2D eigenvalue weighted by Crippen LogP contribution is -2.34. The SMILES string of the molecule is CCCC1NC(c2ccc(F)cc2F)N(C2CC2C)C1=O. The quantitative estimate of drug-likeness (QED) is 0.926. The van der Waals surface area contributed by atoms with E-state index in [1.54, 1.807) is 4.90 Å². The van der Waals surface area contributed by atoms with Crippen molar-refractivity contribution >= 4 is 5.91 Å². The van der Waals surface area contributed by atoms with Gasteiger partial charge >= 0.3 is 0 Å². The molecule has 114 valence electrons. The third-order valence-corrected chi connectivity index (χ3v) is 4.45. The molecule has 1 aliphatic carbocycles. The minimum absolute atomic E-state index is 0.0416. The van der Waals surface area contributed by atoms with Gasteiger partial charge < -0.3 is 4.90 Å². The average Bonchev–Trinajstić information content (AvgIpc) is 3.05. The molecule has 4 unspecified atom stereocenters. The maximum Gasteiger partial charge on any atom is 0.241 e. The van der Waals surface area contributed by atoms with Crippen molar-refractivity contribution < 1.29 is 13.6 Å². The molecule has 1 aliphatic heterocycles. The molecule has 0 bridgehead atoms. The fraction of sp³-hybridized carbons (Fsp3) is 0.562. The van der Waals surface area contributed by atoms with Crippen LogP contribution in [0.2, 0.25) is 0 Å². The van der Waals surface area contributed by atoms with Crippen molar-refractivity contribution in [1.82, 2.24) is 10.2 Å². The first-order valence-electron chi connectivity index (χ1n) is 7.56. The smallest absolute Gasteiger partial charge is 0.241 e. The maximum absolute atomic E-state index is 14.1. The van der Waals surface area contributed by atoms with E-state index in [2.05, 4.69) is 12.2 Å². The summed E-state index contributed by atoms with van der Waals surface area (Å²) < 4.78 is 27.2. The number of amides is 1. The van der Waals surface area contributed by atoms with Crippen LogP contribution in [0, 0.1) is 17.6 Å². The highest BCUT2D eigenvalue weighted by atomic mass is 19.1. The zero-order valence-electron chi connectivity index (χ0n) is 12.3. The zero-order chi connectivity index (χ0) is 15.1. The van der Waals surface area contributed by atoms with E-state index in [-0.39, 0.29) is 18.0 Å². The number of hydrogen-bond acceptors (Lipinski definition) is 2. The summed E-state index contributed by atoms with van der Waals surface area (Å²) in [5.74, 6) is -0.713. The Morgan fingerprint density at radius 3 is 2.67 bits per heavy atom. The minimum atomic E-state index is -0.601. The monoisotopic (exact) mass is 294 g/mol. The first kappa shape index (κ1) is 14.4. The first-order chi connectivity index (χ1) is 10.0. The summed E-state index contributed by atoms with van der Waals surface area (Å²) in [5.41, 5.74) is 0.349. The van der Waals surface area contributed by atoms with Crippen LogP contribution < -0.4 is 5.32 Å². The summed E-state index contributed by atoms with van der Waals surface area (Å²) in [6.07, 6.45) is 2.09. The molecule has 2 fully saturated rings. The van der Waals surface area contributed by atoms with E-state index in [1.165, 1.54) is 12.1 Å². The second-order valence-electron chi connectivity index (χ2n) is 6.10. The van der Waals surface area contributed by atoms with E-state index in [0.29, 0.717) is 11.5 Å². The van der Waals surface area contributed by atoms with Gasteiger partial charge in [0.05, 0.1) is 6.04 Å². The van der Waals surface area contributed by atoms with E-state index in [1.807, 2.05) is 6.92 Å². The van der Waals surface area contributed by atoms with Crippen LogP contribution >= 0.6 is 0 Å². The third-order valence-electron chi connectivity index (χ3n) is 4.45. The zero-order valence-corrected chi connectivity index (χ0v) is 12.3. The summed E-state index contributed by atoms with van der Waals surface area (Å²) in [5, 5.41) is 3.22. The largest absolute Gasteiger partial charge is 0.318 e. The lowest BCUT2D eigenvalue weighted by Gasteiger charge is -2.25. The van der Waals surface area contributed by atoms with Crippen LogP contribution in [-0.2, 0) is 4.79 Å². The number of carbonyl (C=O) groups excluding carboxylic acids is 1. The van der Waals surface area contributed by atoms with Gasteiger partial charge in [-0.15, -0.1) is 0 Å². The normalized spacial score (nSPS) is 31.8. The van der Waals surface area contributed by atoms with Gasteiger partial charge in [0.25, 0.3) is 0 Å². The molecule has 2 aliphatic rings. The lowest BCUT2D eigenvalue weighted by atomic mass is 10.1. The van der Waals surface area contributed by atoms with Gasteiger partial charge in [-0.3, -0.25) is 10.1 Å². The second kappa shape index (κ2) is 5.37. The predicted molar refractivity (Wildman–Crippen MR) is 75.3 cm³/mol. The van der Waals surface area contributed by atoms with Crippen LogP contribution in [0.5, 0.6) is 0 Å². The summed E-state index contributed by atoms with van der Waals surface area (Å²) in [4.78, 5) is 14.3. The van der Waals surface area contributed by atoms with Gasteiger partial charge in [0.15, 0.2) is 0 Å². The molecular weight excluding hydrogens is 274 g/mol. The number of nitrogens with one attached hydrogen (secondary N) is 1. The maximum atomic E-state index is 14.1. The van der Waals surface area contributed by atoms with Crippen LogP contribution in [-0.4, -0.2) is 22.9 Å². The lowest BCUT2D eigenvalue weighted by molar-refractivity contribution is -0.131. The molecule has 1 aromatic carbocycles. The Labute approximate surface area is 123 Å². The Morgan fingerprint density at radius 1 is 1.38 bits per heavy atom. The van der Waals surface area contributed by atoms with E-state index in [9.17, 15) is 13.6 Å². The highest BCUT2D eigenvalue weighted by Gasteiger charge is 2.50. The first-order valence-corrected chi connectivity index (χ1v) is 7.56. The fourth-order valence-corrected chi connectivity index (χ4v) is 3.15. The Hall–Kier alpha value is -1.49. The number of nitrogens with zero attached hydrogens (tertiary/aromatic N) is 1. The number of rotatable bonds is 4. The summed E-state index contributed by atoms with van der Waals surface area (Å²) in [7, 11) is 0. The molecule has 21 heavy (non-hydrogen) atoms. The molecular formula is C16H20F2N2O. The highest BCUT2D eigenvalue weighted by Crippen LogP contribution is 2.42. The molecule has 4 atom stereocenters. The molecule has 1 aromatic rings. The second-order valence-corrected chi connectivity index (χ2v) is 6.10. The Bertz CT molecular complexity index is 563. The molecule has 1 N–H and O–H groups in total. The van der Waals surface area contributed by atoms with Gasteiger partial charge in [-0.25, -0.2) is 8.78 Å². The Balaban J connectivity index is 1.92. The van der Waals surface area contributed by atoms with Crippen LogP contribution in [0.1, 0.15) is 44.8 Å². The number of halogens is 2. The molecule has 0 spiro atoms.